The van der Waals surface area contributed by atoms with Crippen LogP contribution in [0.15, 0.2) is 16.6 Å². The van der Waals surface area contributed by atoms with Crippen LogP contribution in [-0.4, -0.2) is 26.4 Å². The molecule has 1 N–H and O–H groups in total. The standard InChI is InChI=1S/C16H23BrClNO2/c1-4-6-19-15(12-5-7-21-10(12)2)13-8-11(18)9-14(17)16(13)20-3/h8-10,12,15,19H,4-7H2,1-3H3. The molecule has 0 amide bonds. The van der Waals surface area contributed by atoms with Crippen LogP contribution in [0.5, 0.6) is 5.75 Å². The van der Waals surface area contributed by atoms with Crippen LogP contribution in [0.2, 0.25) is 5.02 Å². The molecular formula is C16H23BrClNO2. The summed E-state index contributed by atoms with van der Waals surface area (Å²) in [6.07, 6.45) is 2.38. The SMILES string of the molecule is CCCNC(c1cc(Cl)cc(Br)c1OC)C1CCOC1C. The van der Waals surface area contributed by atoms with Crippen molar-refractivity contribution in [3.05, 3.63) is 27.2 Å². The molecule has 0 spiro atoms. The van der Waals surface area contributed by atoms with Gasteiger partial charge in [-0.25, -0.2) is 0 Å². The summed E-state index contributed by atoms with van der Waals surface area (Å²) in [5.74, 6) is 1.28. The Labute approximate surface area is 140 Å². The van der Waals surface area contributed by atoms with Gasteiger partial charge in [-0.05, 0) is 54.4 Å². The Bertz CT molecular complexity index is 484. The molecule has 118 valence electrons. The monoisotopic (exact) mass is 375 g/mol. The highest BCUT2D eigenvalue weighted by atomic mass is 79.9. The fourth-order valence-corrected chi connectivity index (χ4v) is 4.00. The van der Waals surface area contributed by atoms with E-state index in [1.54, 1.807) is 7.11 Å². The van der Waals surface area contributed by atoms with Gasteiger partial charge < -0.3 is 14.8 Å². The summed E-state index contributed by atoms with van der Waals surface area (Å²) in [5.41, 5.74) is 1.10. The average Bonchev–Trinajstić information content (AvgIpc) is 2.85. The lowest BCUT2D eigenvalue weighted by molar-refractivity contribution is 0.0950. The lowest BCUT2D eigenvalue weighted by Gasteiger charge is -2.29. The molecule has 1 saturated heterocycles. The fraction of sp³-hybridized carbons (Fsp3) is 0.625. The van der Waals surface area contributed by atoms with E-state index in [0.717, 1.165) is 41.8 Å². The van der Waals surface area contributed by atoms with Crippen molar-refractivity contribution in [2.75, 3.05) is 20.3 Å². The summed E-state index contributed by atoms with van der Waals surface area (Å²) < 4.78 is 12.2. The molecule has 1 aromatic rings. The maximum atomic E-state index is 6.26. The summed E-state index contributed by atoms with van der Waals surface area (Å²) in [6.45, 7) is 6.09. The minimum absolute atomic E-state index is 0.187. The Hall–Kier alpha value is -0.290. The van der Waals surface area contributed by atoms with Crippen molar-refractivity contribution in [3.8, 4) is 5.75 Å². The first kappa shape index (κ1) is 17.1. The molecule has 3 nitrogen and oxygen atoms in total. The van der Waals surface area contributed by atoms with E-state index in [-0.39, 0.29) is 12.1 Å². The molecule has 1 aliphatic rings. The highest BCUT2D eigenvalue weighted by molar-refractivity contribution is 9.10. The van der Waals surface area contributed by atoms with Crippen LogP contribution in [0.1, 0.15) is 38.3 Å². The van der Waals surface area contributed by atoms with Gasteiger partial charge in [0.05, 0.1) is 17.7 Å². The van der Waals surface area contributed by atoms with Gasteiger partial charge in [0.15, 0.2) is 0 Å². The average molecular weight is 377 g/mol. The quantitative estimate of drug-likeness (QED) is 0.788. The molecule has 1 fully saturated rings. The maximum Gasteiger partial charge on any atom is 0.137 e. The van der Waals surface area contributed by atoms with E-state index in [2.05, 4.69) is 35.1 Å². The van der Waals surface area contributed by atoms with Crippen LogP contribution in [0.25, 0.3) is 0 Å². The minimum Gasteiger partial charge on any atom is -0.495 e. The number of hydrogen-bond acceptors (Lipinski definition) is 3. The first-order valence-electron chi connectivity index (χ1n) is 7.46. The first-order chi connectivity index (χ1) is 10.1. The van der Waals surface area contributed by atoms with Gasteiger partial charge in [0, 0.05) is 29.2 Å². The third-order valence-electron chi connectivity index (χ3n) is 4.05. The van der Waals surface area contributed by atoms with Gasteiger partial charge in [0.25, 0.3) is 0 Å². The van der Waals surface area contributed by atoms with Crippen LogP contribution >= 0.6 is 27.5 Å². The van der Waals surface area contributed by atoms with Gasteiger partial charge in [-0.3, -0.25) is 0 Å². The number of halogens is 2. The van der Waals surface area contributed by atoms with E-state index in [1.807, 2.05) is 12.1 Å². The second-order valence-electron chi connectivity index (χ2n) is 5.47. The van der Waals surface area contributed by atoms with Gasteiger partial charge in [-0.1, -0.05) is 18.5 Å². The molecule has 3 atom stereocenters. The fourth-order valence-electron chi connectivity index (χ4n) is 3.00. The van der Waals surface area contributed by atoms with Crippen molar-refractivity contribution in [2.24, 2.45) is 5.92 Å². The number of benzene rings is 1. The number of rotatable bonds is 6. The van der Waals surface area contributed by atoms with Gasteiger partial charge in [-0.2, -0.15) is 0 Å². The Morgan fingerprint density at radius 3 is 2.86 bits per heavy atom. The summed E-state index contributed by atoms with van der Waals surface area (Å²) in [6, 6.07) is 4.06. The van der Waals surface area contributed by atoms with Crippen molar-refractivity contribution < 1.29 is 9.47 Å². The largest absolute Gasteiger partial charge is 0.495 e. The Balaban J connectivity index is 2.40. The first-order valence-corrected chi connectivity index (χ1v) is 8.63. The number of methoxy groups -OCH3 is 1. The second kappa shape index (κ2) is 7.82. The molecule has 0 aromatic heterocycles. The lowest BCUT2D eigenvalue weighted by Crippen LogP contribution is -2.32. The zero-order valence-corrected chi connectivity index (χ0v) is 15.1. The Morgan fingerprint density at radius 1 is 1.52 bits per heavy atom. The highest BCUT2D eigenvalue weighted by Crippen LogP contribution is 2.41. The van der Waals surface area contributed by atoms with E-state index >= 15 is 0 Å². The van der Waals surface area contributed by atoms with Gasteiger partial charge in [-0.15, -0.1) is 0 Å². The molecule has 5 heteroatoms. The van der Waals surface area contributed by atoms with Crippen molar-refractivity contribution in [1.82, 2.24) is 5.32 Å². The molecule has 0 radical (unpaired) electrons. The Kier molecular flexibility index (Phi) is 6.35. The van der Waals surface area contributed by atoms with Crippen LogP contribution < -0.4 is 10.1 Å². The Morgan fingerprint density at radius 2 is 2.29 bits per heavy atom. The molecule has 21 heavy (non-hydrogen) atoms. The molecule has 1 heterocycles. The summed E-state index contributed by atoms with van der Waals surface area (Å²) in [5, 5.41) is 4.36. The van der Waals surface area contributed by atoms with E-state index in [4.69, 9.17) is 21.1 Å². The molecule has 0 saturated carbocycles. The summed E-state index contributed by atoms with van der Waals surface area (Å²) >= 11 is 9.81. The smallest absolute Gasteiger partial charge is 0.137 e. The highest BCUT2D eigenvalue weighted by Gasteiger charge is 2.34. The third kappa shape index (κ3) is 3.92. The van der Waals surface area contributed by atoms with Crippen molar-refractivity contribution in [2.45, 2.75) is 38.8 Å². The predicted octanol–water partition coefficient (Wildman–Crippen LogP) is 4.58. The van der Waals surface area contributed by atoms with Crippen molar-refractivity contribution in [3.63, 3.8) is 0 Å². The van der Waals surface area contributed by atoms with Crippen molar-refractivity contribution in [1.29, 1.82) is 0 Å². The molecule has 1 aromatic carbocycles. The summed E-state index contributed by atoms with van der Waals surface area (Å²) in [4.78, 5) is 0. The zero-order chi connectivity index (χ0) is 15.4. The van der Waals surface area contributed by atoms with Gasteiger partial charge in [0.1, 0.15) is 5.75 Å². The topological polar surface area (TPSA) is 30.5 Å². The molecule has 0 aliphatic carbocycles. The van der Waals surface area contributed by atoms with Crippen LogP contribution in [0.3, 0.4) is 0 Å². The van der Waals surface area contributed by atoms with Gasteiger partial charge >= 0.3 is 0 Å². The maximum absolute atomic E-state index is 6.26. The molecule has 3 unspecified atom stereocenters. The van der Waals surface area contributed by atoms with Crippen molar-refractivity contribution >= 4 is 27.5 Å². The van der Waals surface area contributed by atoms with E-state index in [0.29, 0.717) is 10.9 Å². The van der Waals surface area contributed by atoms with E-state index in [1.165, 1.54) is 0 Å². The third-order valence-corrected chi connectivity index (χ3v) is 4.86. The van der Waals surface area contributed by atoms with Gasteiger partial charge in [0.2, 0.25) is 0 Å². The molecule has 0 bridgehead atoms. The number of hydrogen-bond donors (Lipinski definition) is 1. The summed E-state index contributed by atoms with van der Waals surface area (Å²) in [7, 11) is 1.70. The minimum atomic E-state index is 0.187. The number of nitrogens with one attached hydrogen (secondary N) is 1. The van der Waals surface area contributed by atoms with Crippen LogP contribution in [-0.2, 0) is 4.74 Å². The lowest BCUT2D eigenvalue weighted by atomic mass is 9.87. The molecular weight excluding hydrogens is 354 g/mol. The van der Waals surface area contributed by atoms with E-state index in [9.17, 15) is 0 Å². The molecule has 2 rings (SSSR count). The normalized spacial score (nSPS) is 23.3. The number of ether oxygens (including phenoxy) is 2. The van der Waals surface area contributed by atoms with E-state index < -0.39 is 0 Å². The predicted molar refractivity (Wildman–Crippen MR) is 90.3 cm³/mol. The van der Waals surface area contributed by atoms with Crippen LogP contribution in [0.4, 0.5) is 0 Å². The molecule has 1 aliphatic heterocycles. The van der Waals surface area contributed by atoms with Crippen LogP contribution in [0, 0.1) is 5.92 Å². The zero-order valence-electron chi connectivity index (χ0n) is 12.8. The second-order valence-corrected chi connectivity index (χ2v) is 6.76.